The van der Waals surface area contributed by atoms with Gasteiger partial charge in [-0.05, 0) is 42.4 Å². The number of benzene rings is 1. The largest absolute Gasteiger partial charge is 0.480 e. The molecule has 0 aliphatic rings. The number of amides is 3. The van der Waals surface area contributed by atoms with Crippen LogP contribution in [0.4, 0.5) is 0 Å². The summed E-state index contributed by atoms with van der Waals surface area (Å²) in [6, 6.07) is 4.95. The van der Waals surface area contributed by atoms with Gasteiger partial charge in [-0.2, -0.15) is 23.5 Å². The topological polar surface area (TPSA) is 179 Å². The molecule has 4 unspecified atom stereocenters. The summed E-state index contributed by atoms with van der Waals surface area (Å²) in [5, 5.41) is 17.7. The second kappa shape index (κ2) is 16.7. The van der Waals surface area contributed by atoms with Crippen LogP contribution in [0.5, 0.6) is 0 Å². The number of rotatable bonds is 17. The molecule has 1 aromatic carbocycles. The van der Waals surface area contributed by atoms with Crippen molar-refractivity contribution in [2.45, 2.75) is 49.9 Å². The summed E-state index contributed by atoms with van der Waals surface area (Å²) in [5.41, 5.74) is 7.29. The van der Waals surface area contributed by atoms with Crippen molar-refractivity contribution in [1.82, 2.24) is 25.9 Å². The van der Waals surface area contributed by atoms with Gasteiger partial charge in [0, 0.05) is 24.7 Å². The second-order valence-corrected chi connectivity index (χ2v) is 10.6. The van der Waals surface area contributed by atoms with Crippen LogP contribution in [0.1, 0.15) is 24.1 Å². The third kappa shape index (κ3) is 10.8. The number of thioether (sulfide) groups is 2. The molecule has 0 aliphatic carbocycles. The van der Waals surface area contributed by atoms with Crippen LogP contribution in [0.3, 0.4) is 0 Å². The highest BCUT2D eigenvalue weighted by molar-refractivity contribution is 7.98. The van der Waals surface area contributed by atoms with Gasteiger partial charge in [-0.15, -0.1) is 0 Å². The van der Waals surface area contributed by atoms with E-state index in [-0.39, 0.29) is 12.8 Å². The Morgan fingerprint density at radius 2 is 1.50 bits per heavy atom. The first kappa shape index (κ1) is 31.2. The zero-order valence-electron chi connectivity index (χ0n) is 21.5. The number of H-pyrrole nitrogens is 1. The molecule has 0 fully saturated rings. The van der Waals surface area contributed by atoms with Crippen LogP contribution < -0.4 is 21.7 Å². The van der Waals surface area contributed by atoms with Gasteiger partial charge in [-0.1, -0.05) is 30.3 Å². The van der Waals surface area contributed by atoms with Crippen molar-refractivity contribution in [3.63, 3.8) is 0 Å². The number of carbonyl (C=O) groups is 4. The molecule has 3 amide bonds. The van der Waals surface area contributed by atoms with E-state index in [4.69, 9.17) is 5.73 Å². The maximum atomic E-state index is 13.3. The first-order valence-corrected chi connectivity index (χ1v) is 14.9. The number of nitrogens with one attached hydrogen (secondary N) is 4. The Hall–Kier alpha value is -3.03. The predicted molar refractivity (Wildman–Crippen MR) is 150 cm³/mol. The Kier molecular flexibility index (Phi) is 13.7. The second-order valence-electron chi connectivity index (χ2n) is 8.66. The number of aliphatic carboxylic acids is 1. The lowest BCUT2D eigenvalue weighted by atomic mass is 10.0. The molecule has 11 nitrogen and oxygen atoms in total. The lowest BCUT2D eigenvalue weighted by Gasteiger charge is -2.25. The highest BCUT2D eigenvalue weighted by Gasteiger charge is 2.30. The lowest BCUT2D eigenvalue weighted by molar-refractivity contribution is -0.142. The van der Waals surface area contributed by atoms with Gasteiger partial charge in [0.2, 0.25) is 17.7 Å². The zero-order chi connectivity index (χ0) is 27.9. The van der Waals surface area contributed by atoms with Gasteiger partial charge < -0.3 is 31.8 Å². The Morgan fingerprint density at radius 1 is 0.895 bits per heavy atom. The van der Waals surface area contributed by atoms with Crippen LogP contribution >= 0.6 is 23.5 Å². The molecule has 0 radical (unpaired) electrons. The van der Waals surface area contributed by atoms with Gasteiger partial charge in [-0.25, -0.2) is 9.78 Å². The minimum atomic E-state index is -1.20. The molecule has 4 atom stereocenters. The van der Waals surface area contributed by atoms with Crippen LogP contribution in [-0.2, 0) is 32.0 Å². The summed E-state index contributed by atoms with van der Waals surface area (Å²) in [5.74, 6) is -1.56. The van der Waals surface area contributed by atoms with Crippen molar-refractivity contribution in [2.75, 3.05) is 24.0 Å². The average Bonchev–Trinajstić information content (AvgIpc) is 3.42. The summed E-state index contributed by atoms with van der Waals surface area (Å²) in [4.78, 5) is 57.9. The number of carboxylic acid groups (broad SMARTS) is 1. The van der Waals surface area contributed by atoms with E-state index in [1.807, 2.05) is 18.6 Å². The number of imidazole rings is 1. The quantitative estimate of drug-likeness (QED) is 0.160. The number of hydrogen-bond acceptors (Lipinski definition) is 8. The van der Waals surface area contributed by atoms with Crippen LogP contribution in [0.15, 0.2) is 42.9 Å². The standard InChI is InChI=1S/C25H36N6O5S2/c1-37-10-8-18(26)22(32)29-19(9-11-38-2)23(33)30-20(13-17-14-27-15-28-17)24(34)31-21(25(35)36)12-16-6-4-3-5-7-16/h3-7,14-15,18-21H,8-13,26H2,1-2H3,(H,27,28)(H,29,32)(H,30,33)(H,31,34)(H,35,36). The minimum Gasteiger partial charge on any atom is -0.480 e. The molecule has 1 aromatic heterocycles. The Balaban J connectivity index is 2.17. The molecule has 0 aliphatic heterocycles. The maximum absolute atomic E-state index is 13.3. The number of carbonyl (C=O) groups excluding carboxylic acids is 3. The molecule has 0 saturated carbocycles. The van der Waals surface area contributed by atoms with Gasteiger partial charge in [0.1, 0.15) is 18.1 Å². The number of hydrogen-bond donors (Lipinski definition) is 6. The summed E-state index contributed by atoms with van der Waals surface area (Å²) >= 11 is 3.08. The van der Waals surface area contributed by atoms with Crippen molar-refractivity contribution in [2.24, 2.45) is 5.73 Å². The molecule has 38 heavy (non-hydrogen) atoms. The number of nitrogens with two attached hydrogens (primary N) is 1. The molecular weight excluding hydrogens is 528 g/mol. The average molecular weight is 565 g/mol. The van der Waals surface area contributed by atoms with Crippen molar-refractivity contribution in [3.05, 3.63) is 54.1 Å². The third-order valence-corrected chi connectivity index (χ3v) is 7.01. The first-order chi connectivity index (χ1) is 18.2. The van der Waals surface area contributed by atoms with E-state index >= 15 is 0 Å². The minimum absolute atomic E-state index is 0.0473. The highest BCUT2D eigenvalue weighted by Crippen LogP contribution is 2.08. The summed E-state index contributed by atoms with van der Waals surface area (Å²) in [7, 11) is 0. The van der Waals surface area contributed by atoms with Crippen LogP contribution in [0.25, 0.3) is 0 Å². The van der Waals surface area contributed by atoms with Crippen LogP contribution in [0, 0.1) is 0 Å². The zero-order valence-corrected chi connectivity index (χ0v) is 23.1. The van der Waals surface area contributed by atoms with Crippen LogP contribution in [-0.4, -0.2) is 86.9 Å². The Morgan fingerprint density at radius 3 is 2.11 bits per heavy atom. The number of aromatic nitrogens is 2. The van der Waals surface area contributed by atoms with E-state index in [1.165, 1.54) is 24.3 Å². The van der Waals surface area contributed by atoms with E-state index in [2.05, 4.69) is 25.9 Å². The van der Waals surface area contributed by atoms with E-state index in [0.717, 1.165) is 5.56 Å². The fourth-order valence-corrected chi connectivity index (χ4v) is 4.54. The molecule has 0 bridgehead atoms. The number of nitrogens with zero attached hydrogens (tertiary/aromatic N) is 1. The van der Waals surface area contributed by atoms with Crippen molar-refractivity contribution >= 4 is 47.2 Å². The van der Waals surface area contributed by atoms with Crippen molar-refractivity contribution in [3.8, 4) is 0 Å². The molecular formula is C25H36N6O5S2. The monoisotopic (exact) mass is 564 g/mol. The van der Waals surface area contributed by atoms with Gasteiger partial charge in [-0.3, -0.25) is 14.4 Å². The molecule has 208 valence electrons. The molecule has 2 rings (SSSR count). The van der Waals surface area contributed by atoms with Gasteiger partial charge >= 0.3 is 5.97 Å². The van der Waals surface area contributed by atoms with E-state index in [0.29, 0.717) is 30.0 Å². The predicted octanol–water partition coefficient (Wildman–Crippen LogP) is 0.567. The van der Waals surface area contributed by atoms with Gasteiger partial charge in [0.05, 0.1) is 12.4 Å². The summed E-state index contributed by atoms with van der Waals surface area (Å²) < 4.78 is 0. The SMILES string of the molecule is CSCCC(N)C(=O)NC(CCSC)C(=O)NC(Cc1cnc[nH]1)C(=O)NC(Cc1ccccc1)C(=O)O. The molecule has 0 spiro atoms. The Labute approximate surface area is 230 Å². The van der Waals surface area contributed by atoms with Gasteiger partial charge in [0.25, 0.3) is 0 Å². The number of aromatic amines is 1. The van der Waals surface area contributed by atoms with E-state index in [1.54, 1.807) is 36.0 Å². The van der Waals surface area contributed by atoms with Crippen molar-refractivity contribution in [1.29, 1.82) is 0 Å². The molecule has 1 heterocycles. The lowest BCUT2D eigenvalue weighted by Crippen LogP contribution is -2.58. The first-order valence-electron chi connectivity index (χ1n) is 12.1. The third-order valence-electron chi connectivity index (χ3n) is 5.72. The molecule has 0 saturated heterocycles. The highest BCUT2D eigenvalue weighted by atomic mass is 32.2. The van der Waals surface area contributed by atoms with Crippen LogP contribution in [0.2, 0.25) is 0 Å². The normalized spacial score (nSPS) is 14.1. The summed E-state index contributed by atoms with van der Waals surface area (Å²) in [6.45, 7) is 0. The van der Waals surface area contributed by atoms with Gasteiger partial charge in [0.15, 0.2) is 0 Å². The number of carboxylic acids is 1. The molecule has 13 heteroatoms. The molecule has 7 N–H and O–H groups in total. The molecule has 2 aromatic rings. The summed E-state index contributed by atoms with van der Waals surface area (Å²) in [6.07, 6.45) is 7.68. The fourth-order valence-electron chi connectivity index (χ4n) is 3.58. The maximum Gasteiger partial charge on any atom is 0.326 e. The van der Waals surface area contributed by atoms with Crippen molar-refractivity contribution < 1.29 is 24.3 Å². The van der Waals surface area contributed by atoms with E-state index < -0.39 is 47.9 Å². The van der Waals surface area contributed by atoms with E-state index in [9.17, 15) is 24.3 Å². The smallest absolute Gasteiger partial charge is 0.326 e. The Bertz CT molecular complexity index is 1020. The fraction of sp³-hybridized carbons (Fsp3) is 0.480.